The molecule has 5 heteroatoms. The Morgan fingerprint density at radius 3 is 2.69 bits per heavy atom. The SMILES string of the molecule is CC(I)/C=C\C(I)C(=O)OCC#N. The van der Waals surface area contributed by atoms with Crippen molar-refractivity contribution in [2.45, 2.75) is 14.8 Å². The number of nitrogens with zero attached hydrogens (tertiary/aromatic N) is 1. The maximum Gasteiger partial charge on any atom is 0.323 e. The normalized spacial score (nSPS) is 14.9. The summed E-state index contributed by atoms with van der Waals surface area (Å²) in [6.07, 6.45) is 3.70. The molecule has 0 aromatic rings. The Balaban J connectivity index is 3.90. The van der Waals surface area contributed by atoms with E-state index in [4.69, 9.17) is 5.26 Å². The highest BCUT2D eigenvalue weighted by Gasteiger charge is 2.12. The Morgan fingerprint density at radius 2 is 2.23 bits per heavy atom. The summed E-state index contributed by atoms with van der Waals surface area (Å²) in [5.74, 6) is -0.365. The quantitative estimate of drug-likeness (QED) is 0.312. The molecular weight excluding hydrogens is 396 g/mol. The topological polar surface area (TPSA) is 50.1 Å². The maximum atomic E-state index is 11.1. The van der Waals surface area contributed by atoms with Crippen molar-refractivity contribution >= 4 is 51.2 Å². The number of allylic oxidation sites excluding steroid dienone is 1. The van der Waals surface area contributed by atoms with Crippen LogP contribution >= 0.6 is 45.2 Å². The summed E-state index contributed by atoms with van der Waals surface area (Å²) in [5, 5.41) is 8.17. The number of halogens is 2. The van der Waals surface area contributed by atoms with Crippen molar-refractivity contribution in [3.05, 3.63) is 12.2 Å². The minimum atomic E-state index is -0.365. The molecule has 0 N–H and O–H groups in total. The summed E-state index contributed by atoms with van der Waals surface area (Å²) in [5.41, 5.74) is 0. The van der Waals surface area contributed by atoms with E-state index in [1.807, 2.05) is 35.6 Å². The number of nitriles is 1. The molecule has 2 atom stereocenters. The summed E-state index contributed by atoms with van der Waals surface area (Å²) < 4.78 is 4.71. The van der Waals surface area contributed by atoms with Gasteiger partial charge in [0.1, 0.15) is 9.99 Å². The van der Waals surface area contributed by atoms with Gasteiger partial charge in [0.15, 0.2) is 6.61 Å². The lowest BCUT2D eigenvalue weighted by Crippen LogP contribution is -2.15. The van der Waals surface area contributed by atoms with E-state index >= 15 is 0 Å². The van der Waals surface area contributed by atoms with E-state index in [2.05, 4.69) is 27.3 Å². The van der Waals surface area contributed by atoms with Gasteiger partial charge in [0.2, 0.25) is 0 Å². The second-order valence-corrected chi connectivity index (χ2v) is 5.54. The van der Waals surface area contributed by atoms with Crippen LogP contribution in [0.3, 0.4) is 0 Å². The van der Waals surface area contributed by atoms with E-state index in [0.29, 0.717) is 3.92 Å². The van der Waals surface area contributed by atoms with E-state index in [0.717, 1.165) is 0 Å². The van der Waals surface area contributed by atoms with Crippen LogP contribution in [0.25, 0.3) is 0 Å². The highest BCUT2D eigenvalue weighted by atomic mass is 127. The van der Waals surface area contributed by atoms with Gasteiger partial charge in [0.05, 0.1) is 0 Å². The van der Waals surface area contributed by atoms with Crippen molar-refractivity contribution in [1.29, 1.82) is 5.26 Å². The molecule has 0 aliphatic rings. The molecule has 0 spiro atoms. The Kier molecular flexibility index (Phi) is 7.65. The van der Waals surface area contributed by atoms with Gasteiger partial charge < -0.3 is 4.74 Å². The Labute approximate surface area is 105 Å². The molecule has 0 saturated carbocycles. The van der Waals surface area contributed by atoms with Gasteiger partial charge in [-0.25, -0.2) is 0 Å². The van der Waals surface area contributed by atoms with Crippen molar-refractivity contribution in [1.82, 2.24) is 0 Å². The first kappa shape index (κ1) is 13.2. The summed E-state index contributed by atoms with van der Waals surface area (Å²) in [6.45, 7) is 1.84. The number of alkyl halides is 2. The molecule has 3 nitrogen and oxygen atoms in total. The van der Waals surface area contributed by atoms with E-state index in [1.54, 1.807) is 12.1 Å². The van der Waals surface area contributed by atoms with E-state index in [1.165, 1.54) is 0 Å². The third kappa shape index (κ3) is 7.25. The second kappa shape index (κ2) is 7.55. The highest BCUT2D eigenvalue weighted by Crippen LogP contribution is 2.08. The van der Waals surface area contributed by atoms with Gasteiger partial charge in [-0.1, -0.05) is 57.3 Å². The van der Waals surface area contributed by atoms with Crippen LogP contribution in [0.15, 0.2) is 12.2 Å². The molecule has 0 heterocycles. The summed E-state index contributed by atoms with van der Waals surface area (Å²) in [4.78, 5) is 11.1. The number of hydrogen-bond acceptors (Lipinski definition) is 3. The molecule has 2 unspecified atom stereocenters. The van der Waals surface area contributed by atoms with Crippen molar-refractivity contribution in [2.24, 2.45) is 0 Å². The van der Waals surface area contributed by atoms with Gasteiger partial charge in [-0.3, -0.25) is 4.79 Å². The number of carbonyl (C=O) groups excluding carboxylic acids is 1. The van der Waals surface area contributed by atoms with Gasteiger partial charge in [0, 0.05) is 3.92 Å². The predicted octanol–water partition coefficient (Wildman–Crippen LogP) is 2.24. The van der Waals surface area contributed by atoms with Gasteiger partial charge >= 0.3 is 5.97 Å². The molecule has 0 radical (unpaired) electrons. The fourth-order valence-corrected chi connectivity index (χ4v) is 1.17. The zero-order valence-electron chi connectivity index (χ0n) is 7.04. The maximum absolute atomic E-state index is 11.1. The van der Waals surface area contributed by atoms with E-state index in [9.17, 15) is 4.79 Å². The molecule has 0 saturated heterocycles. The van der Waals surface area contributed by atoms with Crippen LogP contribution in [0.5, 0.6) is 0 Å². The lowest BCUT2D eigenvalue weighted by Gasteiger charge is -2.02. The molecule has 0 aromatic heterocycles. The smallest absolute Gasteiger partial charge is 0.323 e. The van der Waals surface area contributed by atoms with Crippen LogP contribution in [0.2, 0.25) is 0 Å². The zero-order chi connectivity index (χ0) is 10.3. The van der Waals surface area contributed by atoms with Gasteiger partial charge in [-0.05, 0) is 6.92 Å². The molecule has 0 aliphatic carbocycles. The Bertz CT molecular complexity index is 233. The average Bonchev–Trinajstić information content (AvgIpc) is 2.10. The van der Waals surface area contributed by atoms with Crippen LogP contribution in [-0.2, 0) is 9.53 Å². The molecule has 0 aliphatic heterocycles. The summed E-state index contributed by atoms with van der Waals surface area (Å²) >= 11 is 4.20. The number of rotatable bonds is 4. The standard InChI is InChI=1S/C8H9I2NO2/c1-6(9)2-3-7(10)8(12)13-5-4-11/h2-3,6-7H,5H2,1H3/b3-2-. The lowest BCUT2D eigenvalue weighted by atomic mass is 10.3. The third-order valence-corrected chi connectivity index (χ3v) is 2.39. The monoisotopic (exact) mass is 405 g/mol. The fourth-order valence-electron chi connectivity index (χ4n) is 0.512. The van der Waals surface area contributed by atoms with Crippen LogP contribution in [0, 0.1) is 11.3 Å². The van der Waals surface area contributed by atoms with E-state index in [-0.39, 0.29) is 16.5 Å². The summed E-state index contributed by atoms with van der Waals surface area (Å²) in [7, 11) is 0. The highest BCUT2D eigenvalue weighted by molar-refractivity contribution is 14.1. The minimum Gasteiger partial charge on any atom is -0.449 e. The van der Waals surface area contributed by atoms with Gasteiger partial charge in [-0.2, -0.15) is 5.26 Å². The molecule has 13 heavy (non-hydrogen) atoms. The van der Waals surface area contributed by atoms with Gasteiger partial charge in [0.25, 0.3) is 0 Å². The minimum absolute atomic E-state index is 0.175. The van der Waals surface area contributed by atoms with Crippen LogP contribution in [-0.4, -0.2) is 20.4 Å². The largest absolute Gasteiger partial charge is 0.449 e. The molecule has 0 rings (SSSR count). The molecular formula is C8H9I2NO2. The lowest BCUT2D eigenvalue weighted by molar-refractivity contribution is -0.140. The number of hydrogen-bond donors (Lipinski definition) is 0. The van der Waals surface area contributed by atoms with Crippen LogP contribution in [0.4, 0.5) is 0 Å². The molecule has 72 valence electrons. The third-order valence-electron chi connectivity index (χ3n) is 1.05. The number of ether oxygens (including phenoxy) is 1. The van der Waals surface area contributed by atoms with Gasteiger partial charge in [-0.15, -0.1) is 0 Å². The first-order valence-corrected chi connectivity index (χ1v) is 6.07. The molecule has 0 fully saturated rings. The molecule has 0 aromatic carbocycles. The molecule has 0 bridgehead atoms. The number of carbonyl (C=O) groups is 1. The van der Waals surface area contributed by atoms with Crippen LogP contribution < -0.4 is 0 Å². The van der Waals surface area contributed by atoms with Crippen LogP contribution in [0.1, 0.15) is 6.92 Å². The average molecular weight is 405 g/mol. The van der Waals surface area contributed by atoms with E-state index < -0.39 is 0 Å². The second-order valence-electron chi connectivity index (χ2n) is 2.23. The summed E-state index contributed by atoms with van der Waals surface area (Å²) in [6, 6.07) is 1.75. The number of esters is 1. The van der Waals surface area contributed by atoms with Crippen molar-refractivity contribution in [3.8, 4) is 6.07 Å². The van der Waals surface area contributed by atoms with Crippen molar-refractivity contribution < 1.29 is 9.53 Å². The predicted molar refractivity (Wildman–Crippen MR) is 67.0 cm³/mol. The first-order chi connectivity index (χ1) is 6.07. The fraction of sp³-hybridized carbons (Fsp3) is 0.500. The Hall–Kier alpha value is 0.160. The molecule has 0 amide bonds. The Morgan fingerprint density at radius 1 is 1.62 bits per heavy atom. The zero-order valence-corrected chi connectivity index (χ0v) is 11.4. The van der Waals surface area contributed by atoms with Crippen molar-refractivity contribution in [3.63, 3.8) is 0 Å². The van der Waals surface area contributed by atoms with Crippen molar-refractivity contribution in [2.75, 3.05) is 6.61 Å². The first-order valence-electron chi connectivity index (χ1n) is 3.58.